The molecule has 2 unspecified atom stereocenters. The minimum atomic E-state index is -0.0569. The molecule has 2 aliphatic rings. The number of fused-ring (bicyclic) bond motifs is 1. The lowest BCUT2D eigenvalue weighted by Crippen LogP contribution is -2.45. The highest BCUT2D eigenvalue weighted by Gasteiger charge is 2.43. The largest absolute Gasteiger partial charge is 0.493 e. The Hall–Kier alpha value is -1.26. The summed E-state index contributed by atoms with van der Waals surface area (Å²) in [4.78, 5) is 2.30. The van der Waals surface area contributed by atoms with E-state index in [9.17, 15) is 0 Å². The standard InChI is InChI=1S/C18H28N2O2/c1-13(2)11-21-14-5-6-15-16(20(3)4)10-18(7-8-19-12-18)22-17(15)9-14/h5-6,9,13,16,19H,7-8,10-12H2,1-4H3. The van der Waals surface area contributed by atoms with Crippen LogP contribution in [0.1, 0.15) is 38.3 Å². The normalized spacial score (nSPS) is 27.3. The van der Waals surface area contributed by atoms with Gasteiger partial charge in [0.05, 0.1) is 6.61 Å². The van der Waals surface area contributed by atoms with Crippen molar-refractivity contribution in [1.82, 2.24) is 10.2 Å². The van der Waals surface area contributed by atoms with Crippen molar-refractivity contribution in [3.63, 3.8) is 0 Å². The third-order valence-corrected chi connectivity index (χ3v) is 4.65. The fraction of sp³-hybridized carbons (Fsp3) is 0.667. The maximum atomic E-state index is 6.44. The Morgan fingerprint density at radius 1 is 1.41 bits per heavy atom. The van der Waals surface area contributed by atoms with Crippen LogP contribution in [-0.2, 0) is 0 Å². The molecule has 1 spiro atoms. The summed E-state index contributed by atoms with van der Waals surface area (Å²) in [6, 6.07) is 6.73. The predicted octanol–water partition coefficient (Wildman–Crippen LogP) is 2.84. The molecule has 1 aromatic rings. The summed E-state index contributed by atoms with van der Waals surface area (Å²) < 4.78 is 12.3. The van der Waals surface area contributed by atoms with Crippen molar-refractivity contribution in [1.29, 1.82) is 0 Å². The molecule has 22 heavy (non-hydrogen) atoms. The van der Waals surface area contributed by atoms with Crippen LogP contribution in [0.5, 0.6) is 11.5 Å². The van der Waals surface area contributed by atoms with Gasteiger partial charge in [0.1, 0.15) is 17.1 Å². The van der Waals surface area contributed by atoms with Crippen molar-refractivity contribution in [2.75, 3.05) is 33.8 Å². The molecule has 4 heteroatoms. The maximum Gasteiger partial charge on any atom is 0.128 e. The van der Waals surface area contributed by atoms with Crippen LogP contribution in [0.25, 0.3) is 0 Å². The van der Waals surface area contributed by atoms with E-state index in [2.05, 4.69) is 56.4 Å². The molecule has 1 N–H and O–H groups in total. The first-order chi connectivity index (χ1) is 10.5. The zero-order chi connectivity index (χ0) is 15.7. The van der Waals surface area contributed by atoms with Gasteiger partial charge in [-0.1, -0.05) is 19.9 Å². The SMILES string of the molecule is CC(C)COc1ccc2c(c1)OC1(CCNC1)CC2N(C)C. The van der Waals surface area contributed by atoms with Crippen LogP contribution in [0.15, 0.2) is 18.2 Å². The molecule has 0 bridgehead atoms. The fourth-order valence-corrected chi connectivity index (χ4v) is 3.41. The van der Waals surface area contributed by atoms with E-state index in [1.165, 1.54) is 5.56 Å². The molecular formula is C18H28N2O2. The number of hydrogen-bond donors (Lipinski definition) is 1. The lowest BCUT2D eigenvalue weighted by atomic mass is 9.86. The second kappa shape index (κ2) is 6.09. The number of hydrogen-bond acceptors (Lipinski definition) is 4. The van der Waals surface area contributed by atoms with E-state index in [1.807, 2.05) is 0 Å². The lowest BCUT2D eigenvalue weighted by molar-refractivity contribution is 0.0286. The molecule has 2 heterocycles. The number of nitrogens with one attached hydrogen (secondary N) is 1. The van der Waals surface area contributed by atoms with Crippen molar-refractivity contribution in [2.45, 2.75) is 38.3 Å². The Kier molecular flexibility index (Phi) is 4.33. The zero-order valence-corrected chi connectivity index (χ0v) is 14.2. The molecule has 2 aliphatic heterocycles. The molecule has 0 aromatic heterocycles. The predicted molar refractivity (Wildman–Crippen MR) is 88.7 cm³/mol. The number of ether oxygens (including phenoxy) is 2. The van der Waals surface area contributed by atoms with E-state index in [-0.39, 0.29) is 5.60 Å². The van der Waals surface area contributed by atoms with Crippen molar-refractivity contribution in [3.05, 3.63) is 23.8 Å². The summed E-state index contributed by atoms with van der Waals surface area (Å²) in [5.74, 6) is 2.43. The van der Waals surface area contributed by atoms with Gasteiger partial charge in [0.15, 0.2) is 0 Å². The molecular weight excluding hydrogens is 276 g/mol. The van der Waals surface area contributed by atoms with Crippen LogP contribution < -0.4 is 14.8 Å². The van der Waals surface area contributed by atoms with Gasteiger partial charge in [0.2, 0.25) is 0 Å². The molecule has 1 saturated heterocycles. The number of nitrogens with zero attached hydrogens (tertiary/aromatic N) is 1. The van der Waals surface area contributed by atoms with Crippen molar-refractivity contribution >= 4 is 0 Å². The van der Waals surface area contributed by atoms with E-state index in [4.69, 9.17) is 9.47 Å². The van der Waals surface area contributed by atoms with Crippen LogP contribution in [0.2, 0.25) is 0 Å². The monoisotopic (exact) mass is 304 g/mol. The smallest absolute Gasteiger partial charge is 0.128 e. The highest BCUT2D eigenvalue weighted by atomic mass is 16.5. The minimum Gasteiger partial charge on any atom is -0.493 e. The summed E-state index contributed by atoms with van der Waals surface area (Å²) in [5.41, 5.74) is 1.22. The second-order valence-corrected chi connectivity index (χ2v) is 7.30. The van der Waals surface area contributed by atoms with E-state index < -0.39 is 0 Å². The van der Waals surface area contributed by atoms with Crippen LogP contribution >= 0.6 is 0 Å². The van der Waals surface area contributed by atoms with Gasteiger partial charge in [-0.05, 0) is 32.6 Å². The van der Waals surface area contributed by atoms with Crippen molar-refractivity contribution in [2.24, 2.45) is 5.92 Å². The Labute approximate surface area is 133 Å². The van der Waals surface area contributed by atoms with Crippen LogP contribution in [-0.4, -0.2) is 44.3 Å². The van der Waals surface area contributed by atoms with Crippen molar-refractivity contribution in [3.8, 4) is 11.5 Å². The van der Waals surface area contributed by atoms with E-state index in [0.717, 1.165) is 44.0 Å². The highest BCUT2D eigenvalue weighted by Crippen LogP contribution is 2.45. The molecule has 0 saturated carbocycles. The molecule has 2 atom stereocenters. The second-order valence-electron chi connectivity index (χ2n) is 7.30. The Bertz CT molecular complexity index is 522. The summed E-state index contributed by atoms with van der Waals surface area (Å²) in [6.45, 7) is 7.04. The zero-order valence-electron chi connectivity index (χ0n) is 14.2. The summed E-state index contributed by atoms with van der Waals surface area (Å²) >= 11 is 0. The highest BCUT2D eigenvalue weighted by molar-refractivity contribution is 5.45. The van der Waals surface area contributed by atoms with E-state index in [0.29, 0.717) is 12.0 Å². The summed E-state index contributed by atoms with van der Waals surface area (Å²) in [5, 5.41) is 3.45. The number of benzene rings is 1. The molecule has 1 aromatic carbocycles. The Balaban J connectivity index is 1.88. The summed E-state index contributed by atoms with van der Waals surface area (Å²) in [7, 11) is 4.30. The van der Waals surface area contributed by atoms with Gasteiger partial charge in [0.25, 0.3) is 0 Å². The molecule has 0 radical (unpaired) electrons. The fourth-order valence-electron chi connectivity index (χ4n) is 3.41. The summed E-state index contributed by atoms with van der Waals surface area (Å²) in [6.07, 6.45) is 2.13. The molecule has 1 fully saturated rings. The van der Waals surface area contributed by atoms with Gasteiger partial charge in [-0.2, -0.15) is 0 Å². The first-order valence-corrected chi connectivity index (χ1v) is 8.32. The average molecular weight is 304 g/mol. The van der Waals surface area contributed by atoms with Crippen LogP contribution in [0.3, 0.4) is 0 Å². The van der Waals surface area contributed by atoms with E-state index in [1.54, 1.807) is 0 Å². The van der Waals surface area contributed by atoms with Gasteiger partial charge in [-0.25, -0.2) is 0 Å². The molecule has 4 nitrogen and oxygen atoms in total. The van der Waals surface area contributed by atoms with Gasteiger partial charge >= 0.3 is 0 Å². The lowest BCUT2D eigenvalue weighted by Gasteiger charge is -2.42. The third-order valence-electron chi connectivity index (χ3n) is 4.65. The van der Waals surface area contributed by atoms with Gasteiger partial charge in [0, 0.05) is 37.1 Å². The first kappa shape index (κ1) is 15.6. The van der Waals surface area contributed by atoms with Crippen molar-refractivity contribution < 1.29 is 9.47 Å². The molecule has 0 amide bonds. The minimum absolute atomic E-state index is 0.0569. The maximum absolute atomic E-state index is 6.44. The van der Waals surface area contributed by atoms with E-state index >= 15 is 0 Å². The first-order valence-electron chi connectivity index (χ1n) is 8.32. The van der Waals surface area contributed by atoms with Gasteiger partial charge < -0.3 is 19.7 Å². The topological polar surface area (TPSA) is 33.7 Å². The van der Waals surface area contributed by atoms with Gasteiger partial charge in [-0.3, -0.25) is 0 Å². The average Bonchev–Trinajstić information content (AvgIpc) is 2.91. The van der Waals surface area contributed by atoms with Crippen LogP contribution in [0.4, 0.5) is 0 Å². The molecule has 0 aliphatic carbocycles. The van der Waals surface area contributed by atoms with Crippen LogP contribution in [0, 0.1) is 5.92 Å². The van der Waals surface area contributed by atoms with Gasteiger partial charge in [-0.15, -0.1) is 0 Å². The molecule has 122 valence electrons. The molecule has 3 rings (SSSR count). The third kappa shape index (κ3) is 3.08. The Morgan fingerprint density at radius 3 is 2.86 bits per heavy atom. The Morgan fingerprint density at radius 2 is 2.23 bits per heavy atom. The quantitative estimate of drug-likeness (QED) is 0.927. The number of rotatable bonds is 4.